The molecule has 0 saturated carbocycles. The number of nitrogens with zero attached hydrogens (tertiary/aromatic N) is 4. The maximum Gasteiger partial charge on any atom is 0.135 e. The zero-order valence-corrected chi connectivity index (χ0v) is 40.0. The van der Waals surface area contributed by atoms with E-state index in [9.17, 15) is 0 Å². The van der Waals surface area contributed by atoms with Gasteiger partial charge < -0.3 is 19.1 Å². The van der Waals surface area contributed by atoms with Crippen LogP contribution in [-0.2, 0) is 27.5 Å². The predicted octanol–water partition coefficient (Wildman–Crippen LogP) is 16.1. The molecule has 5 nitrogen and oxygen atoms in total. The molecular weight excluding hydrogens is 1000 g/mol. The van der Waals surface area contributed by atoms with Gasteiger partial charge in [-0.3, -0.25) is 0 Å². The Morgan fingerprint density at radius 3 is 2.03 bits per heavy atom. The molecule has 1 aliphatic heterocycles. The van der Waals surface area contributed by atoms with Gasteiger partial charge in [0, 0.05) is 61.3 Å². The fourth-order valence-corrected chi connectivity index (χ4v) is 9.18. The van der Waals surface area contributed by atoms with Crippen molar-refractivity contribution in [2.75, 3.05) is 9.80 Å². The first kappa shape index (κ1) is 44.6. The van der Waals surface area contributed by atoms with Crippen LogP contribution < -0.4 is 14.5 Å². The number of para-hydroxylation sites is 3. The van der Waals surface area contributed by atoms with Gasteiger partial charge in [-0.25, -0.2) is 13.8 Å². The number of aromatic nitrogens is 2. The van der Waals surface area contributed by atoms with E-state index in [4.69, 9.17) is 9.72 Å². The summed E-state index contributed by atoms with van der Waals surface area (Å²) < 4.78 is 39.7. The SMILES string of the molecule is CCCc1ccnc(-n2c3[c-]c(Oc4[c-]c(N5[CH-]N(c6c(C(C)C)cc(-c7c(F)cccc7F)cc6C(C)C)c6ccccc65)cc(-c5ccc(C)cc5)c4)ccc3c3ccccc32)c1.[Pt]. The summed E-state index contributed by atoms with van der Waals surface area (Å²) in [6.45, 7) is 14.9. The molecule has 0 aliphatic carbocycles. The van der Waals surface area contributed by atoms with Crippen LogP contribution >= 0.6 is 0 Å². The van der Waals surface area contributed by atoms with Crippen molar-refractivity contribution in [2.45, 2.75) is 66.2 Å². The van der Waals surface area contributed by atoms with Crippen molar-refractivity contribution in [1.82, 2.24) is 9.55 Å². The molecule has 0 amide bonds. The van der Waals surface area contributed by atoms with Crippen LogP contribution in [0.2, 0.25) is 0 Å². The van der Waals surface area contributed by atoms with Crippen LogP contribution in [0.3, 0.4) is 0 Å². The van der Waals surface area contributed by atoms with Crippen molar-refractivity contribution in [3.05, 3.63) is 198 Å². The maximum absolute atomic E-state index is 15.3. The Labute approximate surface area is 400 Å². The van der Waals surface area contributed by atoms with E-state index >= 15 is 8.78 Å². The summed E-state index contributed by atoms with van der Waals surface area (Å²) in [5.41, 5.74) is 12.5. The first-order valence-electron chi connectivity index (χ1n) is 22.4. The van der Waals surface area contributed by atoms with Gasteiger partial charge in [-0.05, 0) is 113 Å². The first-order valence-corrected chi connectivity index (χ1v) is 22.4. The standard InChI is InChI=1S/C58H49F2N4O.Pt/c1-7-13-39-26-27-61-56(28-39)64-52-17-9-8-14-46(52)47-25-24-44(34-55(47)64)65-45-30-41(40-22-20-38(6)21-23-40)29-43(33-45)62-35-63(54-19-11-10-18-53(54)62)58-48(36(2)3)31-42(32-49(58)37(4)5)57-50(59)15-12-16-51(57)60;/h8-12,14-32,35-37H,7,13H2,1-6H3;/q-3;. The molecule has 0 bridgehead atoms. The summed E-state index contributed by atoms with van der Waals surface area (Å²) in [5.74, 6) is 0.833. The molecule has 0 spiro atoms. The molecule has 0 radical (unpaired) electrons. The number of anilines is 4. The first-order chi connectivity index (χ1) is 31.6. The van der Waals surface area contributed by atoms with Crippen LogP contribution in [0.15, 0.2) is 146 Å². The van der Waals surface area contributed by atoms with Crippen molar-refractivity contribution < 1.29 is 34.6 Å². The van der Waals surface area contributed by atoms with Crippen LogP contribution in [-0.4, -0.2) is 9.55 Å². The molecule has 0 fully saturated rings. The zero-order valence-electron chi connectivity index (χ0n) is 37.8. The second-order valence-electron chi connectivity index (χ2n) is 17.5. The zero-order chi connectivity index (χ0) is 44.9. The minimum atomic E-state index is -0.581. The van der Waals surface area contributed by atoms with E-state index in [1.807, 2.05) is 42.6 Å². The molecule has 10 rings (SSSR count). The summed E-state index contributed by atoms with van der Waals surface area (Å²) in [7, 11) is 0. The second-order valence-corrected chi connectivity index (χ2v) is 17.5. The van der Waals surface area contributed by atoms with Crippen molar-refractivity contribution in [3.8, 4) is 39.6 Å². The van der Waals surface area contributed by atoms with E-state index in [1.54, 1.807) is 0 Å². The number of ether oxygens (including phenoxy) is 1. The van der Waals surface area contributed by atoms with Crippen LogP contribution in [0.1, 0.15) is 75.1 Å². The third-order valence-corrected chi connectivity index (χ3v) is 12.4. The van der Waals surface area contributed by atoms with Gasteiger partial charge >= 0.3 is 0 Å². The van der Waals surface area contributed by atoms with Gasteiger partial charge in [-0.2, -0.15) is 6.07 Å². The molecular formula is C58H49F2N4OPt-3. The Balaban J connectivity index is 0.00000548. The summed E-state index contributed by atoms with van der Waals surface area (Å²) in [4.78, 5) is 9.21. The largest absolute Gasteiger partial charge is 0.509 e. The molecule has 334 valence electrons. The Hall–Kier alpha value is -6.56. The van der Waals surface area contributed by atoms with E-state index < -0.39 is 11.6 Å². The smallest absolute Gasteiger partial charge is 0.135 e. The fraction of sp³-hybridized carbons (Fsp3) is 0.172. The number of benzene rings is 7. The van der Waals surface area contributed by atoms with Gasteiger partial charge in [0.1, 0.15) is 17.5 Å². The molecule has 3 heterocycles. The normalized spacial score (nSPS) is 12.4. The molecule has 0 saturated heterocycles. The van der Waals surface area contributed by atoms with E-state index in [0.29, 0.717) is 17.1 Å². The Bertz CT molecular complexity index is 3200. The number of aryl methyl sites for hydroxylation is 2. The number of halogens is 2. The van der Waals surface area contributed by atoms with Gasteiger partial charge in [0.15, 0.2) is 0 Å². The van der Waals surface area contributed by atoms with Crippen LogP contribution in [0.5, 0.6) is 11.5 Å². The summed E-state index contributed by atoms with van der Waals surface area (Å²) in [6, 6.07) is 52.9. The van der Waals surface area contributed by atoms with Crippen molar-refractivity contribution in [3.63, 3.8) is 0 Å². The van der Waals surface area contributed by atoms with Crippen molar-refractivity contribution >= 4 is 44.6 Å². The molecule has 2 aromatic heterocycles. The summed E-state index contributed by atoms with van der Waals surface area (Å²) >= 11 is 0. The number of hydrogen-bond acceptors (Lipinski definition) is 4. The third kappa shape index (κ3) is 8.19. The number of fused-ring (bicyclic) bond motifs is 4. The van der Waals surface area contributed by atoms with E-state index in [-0.39, 0.29) is 38.5 Å². The Morgan fingerprint density at radius 2 is 1.33 bits per heavy atom. The third-order valence-electron chi connectivity index (χ3n) is 12.4. The Morgan fingerprint density at radius 1 is 0.652 bits per heavy atom. The van der Waals surface area contributed by atoms with Crippen LogP contribution in [0.25, 0.3) is 49.9 Å². The summed E-state index contributed by atoms with van der Waals surface area (Å²) in [6.07, 6.45) is 3.90. The minimum Gasteiger partial charge on any atom is -0.509 e. The van der Waals surface area contributed by atoms with Gasteiger partial charge in [0.2, 0.25) is 0 Å². The Kier molecular flexibility index (Phi) is 12.4. The molecule has 9 aromatic rings. The number of pyridine rings is 1. The monoisotopic (exact) mass is 1050 g/mol. The minimum absolute atomic E-state index is 0. The van der Waals surface area contributed by atoms with E-state index in [2.05, 4.69) is 160 Å². The summed E-state index contributed by atoms with van der Waals surface area (Å²) in [5, 5.41) is 2.18. The van der Waals surface area contributed by atoms with Crippen molar-refractivity contribution in [2.24, 2.45) is 0 Å². The molecule has 1 aliphatic rings. The molecule has 0 N–H and O–H groups in total. The molecule has 7 aromatic carbocycles. The average Bonchev–Trinajstić information content (AvgIpc) is 3.85. The average molecular weight is 1050 g/mol. The van der Waals surface area contributed by atoms with Crippen LogP contribution in [0, 0.1) is 37.4 Å². The van der Waals surface area contributed by atoms with E-state index in [0.717, 1.165) is 85.5 Å². The fourth-order valence-electron chi connectivity index (χ4n) is 9.18. The van der Waals surface area contributed by atoms with Crippen molar-refractivity contribution in [1.29, 1.82) is 0 Å². The molecule has 8 heteroatoms. The van der Waals surface area contributed by atoms with Crippen LogP contribution in [0.4, 0.5) is 31.5 Å². The predicted molar refractivity (Wildman–Crippen MR) is 262 cm³/mol. The quantitative estimate of drug-likeness (QED) is 0.121. The van der Waals surface area contributed by atoms with Gasteiger partial charge in [0.25, 0.3) is 0 Å². The molecule has 0 unspecified atom stereocenters. The van der Waals surface area contributed by atoms with Gasteiger partial charge in [-0.15, -0.1) is 53.6 Å². The number of hydrogen-bond donors (Lipinski definition) is 0. The topological polar surface area (TPSA) is 33.5 Å². The number of rotatable bonds is 11. The molecule has 0 atom stereocenters. The van der Waals surface area contributed by atoms with Gasteiger partial charge in [-0.1, -0.05) is 113 Å². The van der Waals surface area contributed by atoms with Gasteiger partial charge in [0.05, 0.1) is 5.56 Å². The molecule has 66 heavy (non-hydrogen) atoms. The second kappa shape index (κ2) is 18.4. The van der Waals surface area contributed by atoms with E-state index in [1.165, 1.54) is 29.3 Å². The maximum atomic E-state index is 15.3.